The summed E-state index contributed by atoms with van der Waals surface area (Å²) in [6.45, 7) is 0. The van der Waals surface area contributed by atoms with Crippen molar-refractivity contribution < 1.29 is 30.3 Å². The van der Waals surface area contributed by atoms with Crippen molar-refractivity contribution in [2.75, 3.05) is 0 Å². The van der Waals surface area contributed by atoms with Crippen LogP contribution in [-0.4, -0.2) is 14.9 Å². The minimum absolute atomic E-state index is 0. The van der Waals surface area contributed by atoms with E-state index in [1.807, 2.05) is 0 Å². The molecule has 0 radical (unpaired) electrons. The van der Waals surface area contributed by atoms with E-state index in [0.29, 0.717) is 3.71 Å². The van der Waals surface area contributed by atoms with E-state index < -0.39 is 6.09 Å². The van der Waals surface area contributed by atoms with Crippen molar-refractivity contribution >= 4 is 31.7 Å². The molecule has 0 heterocycles. The summed E-state index contributed by atoms with van der Waals surface area (Å²) in [5.41, 5.74) is 0. The van der Waals surface area contributed by atoms with E-state index >= 15 is 0 Å². The predicted octanol–water partition coefficient (Wildman–Crippen LogP) is 0.653. The van der Waals surface area contributed by atoms with Gasteiger partial charge in [0.1, 0.15) is 0 Å². The van der Waals surface area contributed by atoms with Gasteiger partial charge in [-0.25, -0.2) is 4.79 Å². The third kappa shape index (κ3) is 6.63. The fourth-order valence-electron chi connectivity index (χ4n) is 0. The van der Waals surface area contributed by atoms with Crippen LogP contribution >= 0.6 is 25.6 Å². The molecule has 0 aromatic heterocycles. The topological polar surface area (TPSA) is 40.5 Å². The van der Waals surface area contributed by atoms with Gasteiger partial charge in [0.05, 0.1) is 0 Å². The molecule has 1 N–H and O–H groups in total. The number of nitrogens with zero attached hydrogens (tertiary/aromatic N) is 1. The molecule has 0 aliphatic heterocycles. The van der Waals surface area contributed by atoms with Crippen molar-refractivity contribution in [3.05, 3.63) is 0 Å². The molecule has 7 heavy (non-hydrogen) atoms. The Labute approximate surface area is 65.8 Å². The van der Waals surface area contributed by atoms with Gasteiger partial charge in [-0.15, -0.1) is 0 Å². The Hall–Kier alpha value is 0.632. The largest absolute Gasteiger partial charge is 0.464 e. The van der Waals surface area contributed by atoms with Crippen molar-refractivity contribution in [1.29, 1.82) is 0 Å². The van der Waals surface area contributed by atoms with Gasteiger partial charge in [-0.2, -0.15) is 3.71 Å². The molecule has 0 aromatic rings. The van der Waals surface area contributed by atoms with E-state index in [1.165, 1.54) is 0 Å². The molecule has 46 valence electrons. The summed E-state index contributed by atoms with van der Waals surface area (Å²) in [5.74, 6) is 0. The van der Waals surface area contributed by atoms with Gasteiger partial charge in [-0.05, 0) is 25.6 Å². The van der Waals surface area contributed by atoms with Gasteiger partial charge in [0.25, 0.3) is 0 Å². The van der Waals surface area contributed by atoms with Crippen molar-refractivity contribution in [3.63, 3.8) is 0 Å². The Morgan fingerprint density at radius 3 is 1.71 bits per heavy atom. The first-order valence-corrected chi connectivity index (χ1v) is 1.85. The van der Waals surface area contributed by atoms with Gasteiger partial charge >= 0.3 is 6.09 Å². The molecule has 6 heteroatoms. The van der Waals surface area contributed by atoms with Crippen LogP contribution in [0.5, 0.6) is 0 Å². The molecule has 0 rings (SSSR count). The molecule has 0 aliphatic rings. The molecule has 0 saturated carbocycles. The van der Waals surface area contributed by atoms with Gasteiger partial charge in [0.15, 0.2) is 0 Å². The fraction of sp³-hybridized carbons (Fsp3) is 0. The first-order chi connectivity index (χ1) is 2.64. The Kier molecular flexibility index (Phi) is 7.23. The summed E-state index contributed by atoms with van der Waals surface area (Å²) in [6.07, 6.45) is -1.18. The van der Waals surface area contributed by atoms with E-state index in [2.05, 4.69) is 25.6 Å². The predicted molar refractivity (Wildman–Crippen MR) is 27.8 cm³/mol. The normalized spacial score (nSPS) is 6.57. The van der Waals surface area contributed by atoms with Crippen LogP contribution in [0.3, 0.4) is 0 Å². The average Bonchev–Trinajstić information content (AvgIpc) is 1.36. The van der Waals surface area contributed by atoms with E-state index in [4.69, 9.17) is 5.11 Å². The molecular formula is CH3NO2PdS2. The van der Waals surface area contributed by atoms with Crippen molar-refractivity contribution in [1.82, 2.24) is 3.71 Å². The van der Waals surface area contributed by atoms with Crippen LogP contribution in [-0.2, 0) is 20.4 Å². The molecule has 0 fully saturated rings. The van der Waals surface area contributed by atoms with Crippen molar-refractivity contribution in [3.8, 4) is 0 Å². The Balaban J connectivity index is 0. The van der Waals surface area contributed by atoms with Gasteiger partial charge < -0.3 is 5.11 Å². The number of carboxylic acid groups (broad SMARTS) is 1. The van der Waals surface area contributed by atoms with Gasteiger partial charge in [-0.3, -0.25) is 0 Å². The van der Waals surface area contributed by atoms with E-state index in [9.17, 15) is 4.79 Å². The molecular weight excluding hydrogens is 229 g/mol. The number of thiol groups is 2. The van der Waals surface area contributed by atoms with Crippen LogP contribution in [0, 0.1) is 0 Å². The average molecular weight is 232 g/mol. The molecule has 0 saturated heterocycles. The van der Waals surface area contributed by atoms with Gasteiger partial charge in [-0.1, -0.05) is 0 Å². The van der Waals surface area contributed by atoms with E-state index in [0.717, 1.165) is 0 Å². The molecule has 0 aliphatic carbocycles. The monoisotopic (exact) mass is 231 g/mol. The zero-order valence-electron chi connectivity index (χ0n) is 3.01. The number of carbonyl (C=O) groups is 1. The summed E-state index contributed by atoms with van der Waals surface area (Å²) < 4.78 is 0.472. The summed E-state index contributed by atoms with van der Waals surface area (Å²) in [6, 6.07) is 0. The molecule has 0 atom stereocenters. The van der Waals surface area contributed by atoms with Crippen molar-refractivity contribution in [2.24, 2.45) is 0 Å². The molecule has 0 bridgehead atoms. The number of amides is 1. The molecule has 0 unspecified atom stereocenters. The Morgan fingerprint density at radius 1 is 1.57 bits per heavy atom. The van der Waals surface area contributed by atoms with Crippen LogP contribution in [0.1, 0.15) is 0 Å². The second kappa shape index (κ2) is 4.78. The van der Waals surface area contributed by atoms with E-state index in [1.54, 1.807) is 0 Å². The summed E-state index contributed by atoms with van der Waals surface area (Å²) in [7, 11) is 0. The van der Waals surface area contributed by atoms with Crippen LogP contribution in [0.2, 0.25) is 0 Å². The van der Waals surface area contributed by atoms with Crippen LogP contribution < -0.4 is 0 Å². The zero-order chi connectivity index (χ0) is 5.15. The van der Waals surface area contributed by atoms with Crippen molar-refractivity contribution in [2.45, 2.75) is 0 Å². The second-order valence-electron chi connectivity index (χ2n) is 0.572. The summed E-state index contributed by atoms with van der Waals surface area (Å²) in [5, 5.41) is 7.76. The minimum atomic E-state index is -1.18. The fourth-order valence-corrected chi connectivity index (χ4v) is 0. The SMILES string of the molecule is O=C(O)N(S)S.[Pd]. The van der Waals surface area contributed by atoms with Crippen LogP contribution in [0.15, 0.2) is 0 Å². The Morgan fingerprint density at radius 2 is 1.71 bits per heavy atom. The quantitative estimate of drug-likeness (QED) is 0.423. The van der Waals surface area contributed by atoms with Crippen LogP contribution in [0.25, 0.3) is 0 Å². The Bertz CT molecular complexity index is 66.7. The standard InChI is InChI=1S/CH3NO2S2.Pd/c3-1(4)2(5)6;/h5-6H,(H,3,4);. The molecule has 1 amide bonds. The third-order valence-electron chi connectivity index (χ3n) is 0.171. The minimum Gasteiger partial charge on any atom is -0.464 e. The smallest absolute Gasteiger partial charge is 0.427 e. The first kappa shape index (κ1) is 10.6. The second-order valence-corrected chi connectivity index (χ2v) is 1.69. The van der Waals surface area contributed by atoms with E-state index in [-0.39, 0.29) is 20.4 Å². The maximum Gasteiger partial charge on any atom is 0.427 e. The molecule has 0 spiro atoms. The maximum atomic E-state index is 9.47. The number of hydrogen-bond donors (Lipinski definition) is 3. The third-order valence-corrected chi connectivity index (χ3v) is 0.513. The summed E-state index contributed by atoms with van der Waals surface area (Å²) >= 11 is 6.58. The maximum absolute atomic E-state index is 9.47. The van der Waals surface area contributed by atoms with Gasteiger partial charge in [0, 0.05) is 20.4 Å². The first-order valence-electron chi connectivity index (χ1n) is 1.05. The molecule has 0 aromatic carbocycles. The summed E-state index contributed by atoms with van der Waals surface area (Å²) in [4.78, 5) is 9.47. The van der Waals surface area contributed by atoms with Crippen LogP contribution in [0.4, 0.5) is 4.79 Å². The zero-order valence-corrected chi connectivity index (χ0v) is 6.36. The molecule has 3 nitrogen and oxygen atoms in total. The number of rotatable bonds is 0. The number of hydrogen-bond acceptors (Lipinski definition) is 3. The van der Waals surface area contributed by atoms with Gasteiger partial charge in [0.2, 0.25) is 0 Å².